The summed E-state index contributed by atoms with van der Waals surface area (Å²) >= 11 is 0. The Morgan fingerprint density at radius 1 is 1.22 bits per heavy atom. The normalized spacial score (nSPS) is 25.9. The van der Waals surface area contributed by atoms with Gasteiger partial charge in [-0.1, -0.05) is 0 Å². The van der Waals surface area contributed by atoms with E-state index >= 15 is 0 Å². The number of hydrogen-bond acceptors (Lipinski definition) is 12. The van der Waals surface area contributed by atoms with Gasteiger partial charge in [-0.15, -0.1) is 0 Å². The molecule has 0 radical (unpaired) electrons. The summed E-state index contributed by atoms with van der Waals surface area (Å²) < 4.78 is 30.6. The van der Waals surface area contributed by atoms with Gasteiger partial charge in [0.15, 0.2) is 0 Å². The molecule has 2 heterocycles. The first kappa shape index (κ1) is 29.6. The van der Waals surface area contributed by atoms with Gasteiger partial charge in [0, 0.05) is 0 Å². The molecule has 2 fully saturated rings. The number of carboxylic acids is 1. The Labute approximate surface area is 207 Å². The first-order chi connectivity index (χ1) is 16.5. The monoisotopic (exact) mass is 540 g/mol. The molecule has 2 atom stereocenters. The number of esters is 1. The van der Waals surface area contributed by atoms with Crippen molar-refractivity contribution in [3.8, 4) is 0 Å². The van der Waals surface area contributed by atoms with Gasteiger partial charge in [0.25, 0.3) is 0 Å². The number of rotatable bonds is 8. The van der Waals surface area contributed by atoms with E-state index in [1.807, 2.05) is 0 Å². The van der Waals surface area contributed by atoms with Crippen molar-refractivity contribution in [3.63, 3.8) is 0 Å². The van der Waals surface area contributed by atoms with Crippen LogP contribution in [0.2, 0.25) is 0 Å². The van der Waals surface area contributed by atoms with E-state index in [1.54, 1.807) is 13.8 Å². The third-order valence-electron chi connectivity index (χ3n) is 5.21. The number of carbonyl (C=O) groups excluding carboxylic acids is 4. The fourth-order valence-corrected chi connectivity index (χ4v) is 5.16. The van der Waals surface area contributed by atoms with Crippen LogP contribution in [-0.4, -0.2) is 95.7 Å². The van der Waals surface area contributed by atoms with Gasteiger partial charge in [0.2, 0.25) is 0 Å². The molecule has 0 bridgehead atoms. The number of imide groups is 1. The summed E-state index contributed by atoms with van der Waals surface area (Å²) in [5.41, 5.74) is -4.41. The van der Waals surface area contributed by atoms with Gasteiger partial charge in [-0.3, -0.25) is 0 Å². The Kier molecular flexibility index (Phi) is 8.90. The fraction of sp³-hybridized carbons (Fsp3) is 0.750. The molecule has 36 heavy (non-hydrogen) atoms. The second kappa shape index (κ2) is 10.8. The topological polar surface area (TPSA) is 196 Å². The van der Waals surface area contributed by atoms with Gasteiger partial charge in [-0.25, -0.2) is 0 Å². The maximum atomic E-state index is 12.7. The molecule has 0 aromatic heterocycles. The summed E-state index contributed by atoms with van der Waals surface area (Å²) in [4.78, 5) is 72.1. The van der Waals surface area contributed by atoms with Crippen LogP contribution in [0.1, 0.15) is 41.0 Å². The molecule has 15 nitrogen and oxygen atoms in total. The van der Waals surface area contributed by atoms with E-state index in [9.17, 15) is 34.0 Å². The Balaban J connectivity index is 2.19. The van der Waals surface area contributed by atoms with Crippen molar-refractivity contribution >= 4 is 38.2 Å². The molecule has 2 aliphatic heterocycles. The summed E-state index contributed by atoms with van der Waals surface area (Å²) in [6.07, 6.45) is -3.97. The molecule has 206 valence electrons. The fourth-order valence-electron chi connectivity index (χ4n) is 3.24. The molecule has 2 saturated heterocycles. The number of ether oxygens (including phenoxy) is 3. The average molecular weight is 540 g/mol. The maximum absolute atomic E-state index is 12.7. The van der Waals surface area contributed by atoms with Crippen LogP contribution in [0.25, 0.3) is 0 Å². The number of nitrogens with zero attached hydrogens (tertiary/aromatic N) is 1. The van der Waals surface area contributed by atoms with Gasteiger partial charge < -0.3 is 0 Å². The number of carboxylic acid groups (broad SMARTS) is 1. The van der Waals surface area contributed by atoms with Crippen LogP contribution in [0.15, 0.2) is 0 Å². The summed E-state index contributed by atoms with van der Waals surface area (Å²) in [5.74, 6) is -2.90. The number of methoxy groups -OCH3 is 1. The molecule has 2 rings (SSSR count). The Bertz CT molecular complexity index is 905. The molecule has 3 N–H and O–H groups in total. The quantitative estimate of drug-likeness (QED) is 0.222. The standard InChI is InChI=1S/C20H33N2O13P/c1-18(2,3)34-17(28)22-16(27)31-10-20(22,15(25)26)11-33-36(29)32-9-19(4,5)13(35-36)14(24)21-8-7-12(23)30-6/h13,29,36H,7-11H2,1-6H3,(H,21,24)(H,25,26)/t13-,20+/m0/s1. The molecule has 0 aliphatic carbocycles. The summed E-state index contributed by atoms with van der Waals surface area (Å²) in [6.45, 7) is 5.75. The van der Waals surface area contributed by atoms with Gasteiger partial charge in [-0.05, 0) is 0 Å². The van der Waals surface area contributed by atoms with Crippen LogP contribution in [0.5, 0.6) is 0 Å². The van der Waals surface area contributed by atoms with Crippen molar-refractivity contribution in [2.75, 3.05) is 33.5 Å². The van der Waals surface area contributed by atoms with Crippen LogP contribution in [0, 0.1) is 5.41 Å². The van der Waals surface area contributed by atoms with Gasteiger partial charge >= 0.3 is 207 Å². The van der Waals surface area contributed by atoms with Crippen LogP contribution < -0.4 is 5.32 Å². The van der Waals surface area contributed by atoms with Crippen LogP contribution in [0.3, 0.4) is 0 Å². The number of hydrogen-bond donors (Lipinski definition) is 3. The Morgan fingerprint density at radius 3 is 2.42 bits per heavy atom. The second-order valence-corrected chi connectivity index (χ2v) is 11.8. The van der Waals surface area contributed by atoms with Crippen molar-refractivity contribution in [2.24, 2.45) is 5.41 Å². The number of cyclic esters (lactones) is 1. The van der Waals surface area contributed by atoms with E-state index in [2.05, 4.69) is 10.1 Å². The molecular weight excluding hydrogens is 507 g/mol. The first-order valence-electron chi connectivity index (χ1n) is 10.9. The molecule has 0 spiro atoms. The number of amides is 3. The van der Waals surface area contributed by atoms with Gasteiger partial charge in [-0.2, -0.15) is 0 Å². The minimum atomic E-state index is -4.67. The van der Waals surface area contributed by atoms with E-state index in [-0.39, 0.29) is 24.5 Å². The predicted molar refractivity (Wildman–Crippen MR) is 121 cm³/mol. The van der Waals surface area contributed by atoms with Crippen molar-refractivity contribution in [1.29, 1.82) is 0 Å². The number of nitrogens with one attached hydrogen (secondary N) is 1. The van der Waals surface area contributed by atoms with Gasteiger partial charge in [0.1, 0.15) is 0 Å². The van der Waals surface area contributed by atoms with Gasteiger partial charge in [0.05, 0.1) is 0 Å². The summed E-state index contributed by atoms with van der Waals surface area (Å²) in [5, 5.41) is 12.4. The van der Waals surface area contributed by atoms with Crippen molar-refractivity contribution in [3.05, 3.63) is 0 Å². The number of aliphatic carboxylic acids is 1. The van der Waals surface area contributed by atoms with Crippen LogP contribution >= 0.6 is 8.17 Å². The molecule has 2 aliphatic rings. The van der Waals surface area contributed by atoms with Crippen molar-refractivity contribution < 1.29 is 61.8 Å². The van der Waals surface area contributed by atoms with Crippen molar-refractivity contribution in [2.45, 2.75) is 58.3 Å². The average Bonchev–Trinajstić information content (AvgIpc) is 3.10. The zero-order chi connectivity index (χ0) is 27.5. The van der Waals surface area contributed by atoms with Crippen LogP contribution in [-0.2, 0) is 42.2 Å². The van der Waals surface area contributed by atoms with Crippen LogP contribution in [0.4, 0.5) is 9.59 Å². The second-order valence-electron chi connectivity index (χ2n) is 9.91. The van der Waals surface area contributed by atoms with E-state index < -0.39 is 74.1 Å². The predicted octanol–water partition coefficient (Wildman–Crippen LogP) is 0.737. The zero-order valence-corrected chi connectivity index (χ0v) is 21.9. The third kappa shape index (κ3) is 6.79. The van der Waals surface area contributed by atoms with E-state index in [1.165, 1.54) is 27.9 Å². The molecule has 16 heteroatoms. The van der Waals surface area contributed by atoms with E-state index in [4.69, 9.17) is 23.0 Å². The Hall–Kier alpha value is -2.58. The molecule has 0 aromatic rings. The molecule has 0 aromatic carbocycles. The zero-order valence-electron chi connectivity index (χ0n) is 20.9. The minimum absolute atomic E-state index is 0.0600. The Morgan fingerprint density at radius 2 is 1.86 bits per heavy atom. The SMILES string of the molecule is COC(=O)CCNC(=O)[C@@H]1O[PH](O)(OC[C@@]2(C(=O)O)COC(=O)N2C(=O)OC(C)(C)C)OCC1(C)C. The summed E-state index contributed by atoms with van der Waals surface area (Å²) in [7, 11) is -3.47. The summed E-state index contributed by atoms with van der Waals surface area (Å²) in [6, 6.07) is 0. The van der Waals surface area contributed by atoms with E-state index in [0.29, 0.717) is 0 Å². The molecule has 0 saturated carbocycles. The first-order valence-corrected chi connectivity index (χ1v) is 12.6. The molecular formula is C20H33N2O13P. The van der Waals surface area contributed by atoms with Crippen molar-refractivity contribution in [1.82, 2.24) is 10.2 Å². The van der Waals surface area contributed by atoms with E-state index in [0.717, 1.165) is 0 Å². The molecule has 3 amide bonds. The third-order valence-corrected chi connectivity index (χ3v) is 6.76. The number of carbonyl (C=O) groups is 5. The molecule has 0 unspecified atom stereocenters.